The van der Waals surface area contributed by atoms with Crippen LogP contribution in [0, 0.1) is 0 Å². The first-order valence-corrected chi connectivity index (χ1v) is 14.0. The third-order valence-electron chi connectivity index (χ3n) is 8.41. The van der Waals surface area contributed by atoms with E-state index in [1.807, 2.05) is 18.3 Å². The molecule has 4 aromatic rings. The number of aromatic nitrogens is 4. The van der Waals surface area contributed by atoms with Gasteiger partial charge in [-0.05, 0) is 61.7 Å². The maximum absolute atomic E-state index is 13.1. The van der Waals surface area contributed by atoms with E-state index in [0.29, 0.717) is 43.2 Å². The Balaban J connectivity index is 1.15. The second kappa shape index (κ2) is 10.9. The largest absolute Gasteiger partial charge is 0.416 e. The fourth-order valence-corrected chi connectivity index (χ4v) is 6.23. The van der Waals surface area contributed by atoms with Gasteiger partial charge in [-0.3, -0.25) is 14.5 Å². The van der Waals surface area contributed by atoms with Crippen LogP contribution in [0.1, 0.15) is 48.1 Å². The van der Waals surface area contributed by atoms with Crippen LogP contribution in [0.15, 0.2) is 48.8 Å². The Bertz CT molecular complexity index is 1540. The van der Waals surface area contributed by atoms with Crippen LogP contribution in [0.2, 0.25) is 0 Å². The molecule has 0 aliphatic carbocycles. The normalized spacial score (nSPS) is 17.6. The number of amides is 1. The van der Waals surface area contributed by atoms with Crippen molar-refractivity contribution in [1.82, 2.24) is 29.5 Å². The van der Waals surface area contributed by atoms with Crippen LogP contribution in [0.5, 0.6) is 0 Å². The van der Waals surface area contributed by atoms with Gasteiger partial charge in [-0.15, -0.1) is 0 Å². The zero-order valence-corrected chi connectivity index (χ0v) is 22.9. The lowest BCUT2D eigenvalue weighted by molar-refractivity contribution is -0.137. The number of hydrogen-bond acceptors (Lipinski definition) is 5. The average molecular weight is 567 g/mol. The molecule has 1 saturated heterocycles. The number of nitrogens with zero attached hydrogens (tertiary/aromatic N) is 5. The minimum Gasteiger partial charge on any atom is -0.390 e. The van der Waals surface area contributed by atoms with Crippen LogP contribution in [0.4, 0.5) is 13.2 Å². The van der Waals surface area contributed by atoms with Gasteiger partial charge >= 0.3 is 6.18 Å². The first kappa shape index (κ1) is 27.5. The molecule has 5 heterocycles. The lowest BCUT2D eigenvalue weighted by atomic mass is 9.90. The number of carbonyl (C=O) groups is 1. The standard InChI is InChI=1S/C30H33F3N6O2/c1-19(40)38-14-10-27-25(18-38)28(21-4-6-22(7-5-21)30(31,32)33)36-39(27)17-23(41)16-37-12-8-20(9-13-37)24-15-35-26-3-2-11-34-29(24)26/h2-7,11,15,20,23,35,41H,8-10,12-14,16-18H2,1H3. The molecule has 0 radical (unpaired) electrons. The lowest BCUT2D eigenvalue weighted by Crippen LogP contribution is -2.40. The lowest BCUT2D eigenvalue weighted by Gasteiger charge is -2.33. The van der Waals surface area contributed by atoms with Gasteiger partial charge in [-0.25, -0.2) is 0 Å². The van der Waals surface area contributed by atoms with Gasteiger partial charge in [-0.2, -0.15) is 18.3 Å². The predicted molar refractivity (Wildman–Crippen MR) is 148 cm³/mol. The summed E-state index contributed by atoms with van der Waals surface area (Å²) in [6.45, 7) is 4.89. The Labute approximate surface area is 235 Å². The van der Waals surface area contributed by atoms with Crippen LogP contribution in [0.25, 0.3) is 22.3 Å². The monoisotopic (exact) mass is 566 g/mol. The third-order valence-corrected chi connectivity index (χ3v) is 8.41. The summed E-state index contributed by atoms with van der Waals surface area (Å²) in [6.07, 6.45) is 1.32. The van der Waals surface area contributed by atoms with Crippen LogP contribution < -0.4 is 0 Å². The highest BCUT2D eigenvalue weighted by Gasteiger charge is 2.32. The summed E-state index contributed by atoms with van der Waals surface area (Å²) in [7, 11) is 0. The second-order valence-corrected chi connectivity index (χ2v) is 11.1. The van der Waals surface area contributed by atoms with E-state index in [0.717, 1.165) is 60.4 Å². The van der Waals surface area contributed by atoms with Gasteiger partial charge in [-0.1, -0.05) is 12.1 Å². The number of alkyl halides is 3. The molecule has 2 N–H and O–H groups in total. The first-order chi connectivity index (χ1) is 19.7. The number of halogens is 3. The average Bonchev–Trinajstić information content (AvgIpc) is 3.54. The van der Waals surface area contributed by atoms with Gasteiger partial charge in [0.2, 0.25) is 5.91 Å². The first-order valence-electron chi connectivity index (χ1n) is 14.0. The van der Waals surface area contributed by atoms with Crippen molar-refractivity contribution in [2.75, 3.05) is 26.2 Å². The quantitative estimate of drug-likeness (QED) is 0.356. The maximum Gasteiger partial charge on any atom is 0.416 e. The molecular formula is C30H33F3N6O2. The summed E-state index contributed by atoms with van der Waals surface area (Å²) >= 11 is 0. The van der Waals surface area contributed by atoms with Crippen molar-refractivity contribution >= 4 is 16.9 Å². The molecule has 1 unspecified atom stereocenters. The van der Waals surface area contributed by atoms with Crippen molar-refractivity contribution in [1.29, 1.82) is 0 Å². The van der Waals surface area contributed by atoms with Gasteiger partial charge < -0.3 is 19.9 Å². The molecule has 11 heteroatoms. The number of fused-ring (bicyclic) bond motifs is 2. The number of piperidine rings is 1. The van der Waals surface area contributed by atoms with Gasteiger partial charge in [0, 0.05) is 62.2 Å². The molecule has 2 aliphatic heterocycles. The third kappa shape index (κ3) is 5.60. The number of aliphatic hydroxyl groups is 1. The summed E-state index contributed by atoms with van der Waals surface area (Å²) < 4.78 is 41.2. The Morgan fingerprint density at radius 3 is 2.59 bits per heavy atom. The van der Waals surface area contributed by atoms with Crippen LogP contribution >= 0.6 is 0 Å². The van der Waals surface area contributed by atoms with Gasteiger partial charge in [0.25, 0.3) is 0 Å². The summed E-state index contributed by atoms with van der Waals surface area (Å²) in [5.74, 6) is 0.356. The van der Waals surface area contributed by atoms with E-state index in [9.17, 15) is 23.1 Å². The smallest absolute Gasteiger partial charge is 0.390 e. The zero-order chi connectivity index (χ0) is 28.7. The zero-order valence-electron chi connectivity index (χ0n) is 22.9. The number of aromatic amines is 1. The van der Waals surface area contributed by atoms with Crippen LogP contribution in [-0.4, -0.2) is 72.8 Å². The topological polar surface area (TPSA) is 90.3 Å². The van der Waals surface area contributed by atoms with Crippen molar-refractivity contribution in [2.45, 2.75) is 57.5 Å². The Morgan fingerprint density at radius 2 is 1.88 bits per heavy atom. The van der Waals surface area contributed by atoms with E-state index in [1.54, 1.807) is 9.58 Å². The number of likely N-dealkylation sites (tertiary alicyclic amines) is 1. The molecule has 1 atom stereocenters. The minimum absolute atomic E-state index is 0.0615. The number of hydrogen-bond donors (Lipinski definition) is 2. The summed E-state index contributed by atoms with van der Waals surface area (Å²) in [4.78, 5) is 24.0. The van der Waals surface area contributed by atoms with Crippen molar-refractivity contribution in [2.24, 2.45) is 0 Å². The maximum atomic E-state index is 13.1. The minimum atomic E-state index is -4.42. The van der Waals surface area contributed by atoms with E-state index >= 15 is 0 Å². The van der Waals surface area contributed by atoms with Crippen molar-refractivity contribution < 1.29 is 23.1 Å². The number of aliphatic hydroxyl groups excluding tert-OH is 1. The SMILES string of the molecule is CC(=O)N1CCc2c(c(-c3ccc(C(F)(F)F)cc3)nn2CC(O)CN2CCC(c3c[nH]c4cccnc34)CC2)C1. The highest BCUT2D eigenvalue weighted by Crippen LogP contribution is 2.35. The molecular weight excluding hydrogens is 533 g/mol. The highest BCUT2D eigenvalue weighted by atomic mass is 19.4. The van der Waals surface area contributed by atoms with Gasteiger partial charge in [0.15, 0.2) is 0 Å². The Hall–Kier alpha value is -3.70. The predicted octanol–water partition coefficient (Wildman–Crippen LogP) is 4.59. The van der Waals surface area contributed by atoms with Gasteiger partial charge in [0.1, 0.15) is 0 Å². The van der Waals surface area contributed by atoms with Crippen molar-refractivity contribution in [3.05, 3.63) is 71.2 Å². The Kier molecular flexibility index (Phi) is 7.33. The van der Waals surface area contributed by atoms with Crippen molar-refractivity contribution in [3.8, 4) is 11.3 Å². The van der Waals surface area contributed by atoms with Gasteiger partial charge in [0.05, 0.1) is 34.9 Å². The van der Waals surface area contributed by atoms with E-state index < -0.39 is 17.8 Å². The molecule has 216 valence electrons. The molecule has 1 fully saturated rings. The summed E-state index contributed by atoms with van der Waals surface area (Å²) in [5.41, 5.74) is 5.46. The number of carbonyl (C=O) groups excluding carboxylic acids is 1. The highest BCUT2D eigenvalue weighted by molar-refractivity contribution is 5.79. The summed E-state index contributed by atoms with van der Waals surface area (Å²) in [5, 5.41) is 15.9. The molecule has 0 bridgehead atoms. The molecule has 1 aromatic carbocycles. The number of pyridine rings is 1. The second-order valence-electron chi connectivity index (χ2n) is 11.1. The molecule has 1 amide bonds. The molecule has 3 aromatic heterocycles. The number of β-amino-alcohol motifs (C(OH)–C–C–N with tert-alkyl or cyclic N) is 1. The molecule has 2 aliphatic rings. The number of H-pyrrole nitrogens is 1. The molecule has 8 nitrogen and oxygen atoms in total. The number of nitrogens with one attached hydrogen (secondary N) is 1. The Morgan fingerprint density at radius 1 is 1.12 bits per heavy atom. The van der Waals surface area contributed by atoms with Crippen LogP contribution in [-0.2, 0) is 30.5 Å². The number of rotatable bonds is 6. The van der Waals surface area contributed by atoms with Crippen molar-refractivity contribution in [3.63, 3.8) is 0 Å². The fourth-order valence-electron chi connectivity index (χ4n) is 6.23. The van der Waals surface area contributed by atoms with E-state index in [1.165, 1.54) is 24.6 Å². The molecule has 0 spiro atoms. The number of benzene rings is 1. The van der Waals surface area contributed by atoms with E-state index in [2.05, 4.69) is 21.1 Å². The van der Waals surface area contributed by atoms with E-state index in [4.69, 9.17) is 5.10 Å². The molecule has 6 rings (SSSR count). The molecule has 41 heavy (non-hydrogen) atoms. The van der Waals surface area contributed by atoms with E-state index in [-0.39, 0.29) is 12.5 Å². The molecule has 0 saturated carbocycles. The summed E-state index contributed by atoms with van der Waals surface area (Å²) in [6, 6.07) is 8.91. The van der Waals surface area contributed by atoms with Crippen LogP contribution in [0.3, 0.4) is 0 Å². The fraction of sp³-hybridized carbons (Fsp3) is 0.433.